The van der Waals surface area contributed by atoms with E-state index in [-0.39, 0.29) is 11.2 Å². The molecule has 3 aromatic heterocycles. The van der Waals surface area contributed by atoms with Gasteiger partial charge in [0.2, 0.25) is 0 Å². The molecule has 0 atom stereocenters. The first-order valence-electron chi connectivity index (χ1n) is 8.40. The van der Waals surface area contributed by atoms with Crippen molar-refractivity contribution in [3.63, 3.8) is 0 Å². The van der Waals surface area contributed by atoms with Gasteiger partial charge in [-0.1, -0.05) is 6.07 Å². The second kappa shape index (κ2) is 5.61. The van der Waals surface area contributed by atoms with Crippen molar-refractivity contribution in [3.05, 3.63) is 48.8 Å². The van der Waals surface area contributed by atoms with Crippen LogP contribution in [0.3, 0.4) is 0 Å². The monoisotopic (exact) mass is 333 g/mol. The fourth-order valence-corrected chi connectivity index (χ4v) is 2.88. The smallest absolute Gasteiger partial charge is 0.399 e. The van der Waals surface area contributed by atoms with Gasteiger partial charge in [0.1, 0.15) is 0 Å². The van der Waals surface area contributed by atoms with Gasteiger partial charge in [0.15, 0.2) is 5.65 Å². The molecule has 3 aromatic rings. The van der Waals surface area contributed by atoms with Gasteiger partial charge >= 0.3 is 7.12 Å². The van der Waals surface area contributed by atoms with Crippen molar-refractivity contribution in [2.75, 3.05) is 0 Å². The Balaban J connectivity index is 1.77. The lowest BCUT2D eigenvalue weighted by Gasteiger charge is -2.32. The van der Waals surface area contributed by atoms with Crippen LogP contribution < -0.4 is 5.46 Å². The minimum absolute atomic E-state index is 0.380. The van der Waals surface area contributed by atoms with E-state index in [0.717, 1.165) is 22.2 Å². The van der Waals surface area contributed by atoms with Crippen LogP contribution in [0, 0.1) is 0 Å². The molecule has 0 bridgehead atoms. The standard InChI is InChI=1S/C19H20BN3O2/c1-18(2)19(3,4)25-20(24-18)14-10-12-22-17-13(14)8-9-16(23-17)15-7-5-6-11-21-15/h5-12H,1-4H3. The number of rotatable bonds is 2. The summed E-state index contributed by atoms with van der Waals surface area (Å²) in [7, 11) is -0.432. The SMILES string of the molecule is CC1(C)OB(c2ccnc3nc(-c4ccccn4)ccc23)OC1(C)C. The highest BCUT2D eigenvalue weighted by Gasteiger charge is 2.52. The van der Waals surface area contributed by atoms with Crippen LogP contribution in [-0.2, 0) is 9.31 Å². The minimum Gasteiger partial charge on any atom is -0.399 e. The zero-order chi connectivity index (χ0) is 17.7. The highest BCUT2D eigenvalue weighted by atomic mass is 16.7. The van der Waals surface area contributed by atoms with Crippen LogP contribution >= 0.6 is 0 Å². The Labute approximate surface area is 147 Å². The number of hydrogen-bond acceptors (Lipinski definition) is 5. The van der Waals surface area contributed by atoms with Gasteiger partial charge < -0.3 is 9.31 Å². The van der Waals surface area contributed by atoms with E-state index in [0.29, 0.717) is 5.65 Å². The molecule has 0 radical (unpaired) electrons. The van der Waals surface area contributed by atoms with E-state index in [1.807, 2.05) is 64.1 Å². The number of pyridine rings is 3. The number of nitrogens with zero attached hydrogens (tertiary/aromatic N) is 3. The maximum atomic E-state index is 6.18. The molecule has 0 saturated carbocycles. The first-order chi connectivity index (χ1) is 11.9. The van der Waals surface area contributed by atoms with Gasteiger partial charge in [-0.3, -0.25) is 4.98 Å². The van der Waals surface area contributed by atoms with E-state index >= 15 is 0 Å². The molecule has 0 unspecified atom stereocenters. The summed E-state index contributed by atoms with van der Waals surface area (Å²) in [5.74, 6) is 0. The number of aromatic nitrogens is 3. The molecule has 4 heterocycles. The van der Waals surface area contributed by atoms with Gasteiger partial charge in [0.05, 0.1) is 22.6 Å². The summed E-state index contributed by atoms with van der Waals surface area (Å²) in [6, 6.07) is 11.7. The topological polar surface area (TPSA) is 57.1 Å². The Kier molecular flexibility index (Phi) is 3.63. The van der Waals surface area contributed by atoms with Crippen molar-refractivity contribution in [1.82, 2.24) is 15.0 Å². The first-order valence-corrected chi connectivity index (χ1v) is 8.40. The molecule has 0 spiro atoms. The Morgan fingerprint density at radius 3 is 2.24 bits per heavy atom. The van der Waals surface area contributed by atoms with Crippen LogP contribution in [-0.4, -0.2) is 33.3 Å². The Morgan fingerprint density at radius 1 is 0.800 bits per heavy atom. The third-order valence-electron chi connectivity index (χ3n) is 5.07. The van der Waals surface area contributed by atoms with E-state index in [1.165, 1.54) is 0 Å². The molecule has 0 amide bonds. The average molecular weight is 333 g/mol. The van der Waals surface area contributed by atoms with Gasteiger partial charge in [-0.2, -0.15) is 0 Å². The van der Waals surface area contributed by atoms with E-state index in [4.69, 9.17) is 9.31 Å². The predicted molar refractivity (Wildman–Crippen MR) is 98.5 cm³/mol. The molecule has 126 valence electrons. The Morgan fingerprint density at radius 2 is 1.56 bits per heavy atom. The van der Waals surface area contributed by atoms with Crippen LogP contribution in [0.2, 0.25) is 0 Å². The van der Waals surface area contributed by atoms with Gasteiger partial charge in [-0.05, 0) is 63.5 Å². The maximum absolute atomic E-state index is 6.18. The summed E-state index contributed by atoms with van der Waals surface area (Å²) in [6.07, 6.45) is 3.51. The molecular formula is C19H20BN3O2. The van der Waals surface area contributed by atoms with Crippen LogP contribution in [0.4, 0.5) is 0 Å². The Bertz CT molecular complexity index is 912. The van der Waals surface area contributed by atoms with E-state index in [1.54, 1.807) is 12.4 Å². The highest BCUT2D eigenvalue weighted by Crippen LogP contribution is 2.36. The minimum atomic E-state index is -0.432. The van der Waals surface area contributed by atoms with E-state index in [2.05, 4.69) is 15.0 Å². The fourth-order valence-electron chi connectivity index (χ4n) is 2.88. The second-order valence-corrected chi connectivity index (χ2v) is 7.27. The van der Waals surface area contributed by atoms with Crippen LogP contribution in [0.1, 0.15) is 27.7 Å². The third-order valence-corrected chi connectivity index (χ3v) is 5.07. The van der Waals surface area contributed by atoms with Crippen LogP contribution in [0.5, 0.6) is 0 Å². The normalized spacial score (nSPS) is 18.6. The summed E-state index contributed by atoms with van der Waals surface area (Å²) in [5, 5.41) is 0.931. The number of fused-ring (bicyclic) bond motifs is 1. The number of hydrogen-bond donors (Lipinski definition) is 0. The van der Waals surface area contributed by atoms with Crippen molar-refractivity contribution in [1.29, 1.82) is 0 Å². The lowest BCUT2D eigenvalue weighted by molar-refractivity contribution is 0.00578. The van der Waals surface area contributed by atoms with Crippen molar-refractivity contribution in [2.24, 2.45) is 0 Å². The molecule has 0 N–H and O–H groups in total. The van der Waals surface area contributed by atoms with Gasteiger partial charge in [0, 0.05) is 17.8 Å². The summed E-state index contributed by atoms with van der Waals surface area (Å²) in [4.78, 5) is 13.4. The average Bonchev–Trinajstić information content (AvgIpc) is 2.82. The summed E-state index contributed by atoms with van der Waals surface area (Å²) >= 11 is 0. The van der Waals surface area contributed by atoms with Crippen LogP contribution in [0.15, 0.2) is 48.8 Å². The van der Waals surface area contributed by atoms with Crippen molar-refractivity contribution >= 4 is 23.6 Å². The molecular weight excluding hydrogens is 313 g/mol. The van der Waals surface area contributed by atoms with E-state index < -0.39 is 7.12 Å². The molecule has 5 nitrogen and oxygen atoms in total. The molecule has 1 fully saturated rings. The van der Waals surface area contributed by atoms with Gasteiger partial charge in [-0.15, -0.1) is 0 Å². The zero-order valence-corrected chi connectivity index (χ0v) is 14.9. The predicted octanol–water partition coefficient (Wildman–Crippen LogP) is 2.99. The molecule has 1 saturated heterocycles. The largest absolute Gasteiger partial charge is 0.495 e. The first kappa shape index (κ1) is 16.2. The molecule has 4 rings (SSSR count). The maximum Gasteiger partial charge on any atom is 0.495 e. The summed E-state index contributed by atoms with van der Waals surface area (Å²) < 4.78 is 12.4. The fraction of sp³-hybridized carbons (Fsp3) is 0.316. The molecule has 1 aliphatic rings. The van der Waals surface area contributed by atoms with Crippen molar-refractivity contribution in [2.45, 2.75) is 38.9 Å². The van der Waals surface area contributed by atoms with Crippen LogP contribution in [0.25, 0.3) is 22.4 Å². The summed E-state index contributed by atoms with van der Waals surface area (Å²) in [5.41, 5.74) is 2.47. The van der Waals surface area contributed by atoms with Crippen molar-refractivity contribution in [3.8, 4) is 11.4 Å². The van der Waals surface area contributed by atoms with Gasteiger partial charge in [-0.25, -0.2) is 9.97 Å². The lowest BCUT2D eigenvalue weighted by atomic mass is 9.77. The second-order valence-electron chi connectivity index (χ2n) is 7.27. The zero-order valence-electron chi connectivity index (χ0n) is 14.9. The highest BCUT2D eigenvalue weighted by molar-refractivity contribution is 6.65. The van der Waals surface area contributed by atoms with Gasteiger partial charge in [0.25, 0.3) is 0 Å². The molecule has 6 heteroatoms. The third kappa shape index (κ3) is 2.71. The molecule has 0 aliphatic carbocycles. The molecule has 0 aromatic carbocycles. The Hall–Kier alpha value is -2.31. The lowest BCUT2D eigenvalue weighted by Crippen LogP contribution is -2.41. The molecule has 25 heavy (non-hydrogen) atoms. The quantitative estimate of drug-likeness (QED) is 0.675. The van der Waals surface area contributed by atoms with Crippen molar-refractivity contribution < 1.29 is 9.31 Å². The molecule has 1 aliphatic heterocycles. The van der Waals surface area contributed by atoms with E-state index in [9.17, 15) is 0 Å². The summed E-state index contributed by atoms with van der Waals surface area (Å²) in [6.45, 7) is 8.20.